The molecule has 9 heteroatoms. The van der Waals surface area contributed by atoms with Crippen LogP contribution in [0, 0.1) is 0 Å². The molecular formula is C24H20O9. The Morgan fingerprint density at radius 3 is 2.21 bits per heavy atom. The van der Waals surface area contributed by atoms with Crippen molar-refractivity contribution in [3.63, 3.8) is 0 Å². The number of fused-ring (bicyclic) bond motifs is 1. The van der Waals surface area contributed by atoms with Gasteiger partial charge < -0.3 is 40.1 Å². The molecule has 33 heavy (non-hydrogen) atoms. The molecule has 0 fully saturated rings. The van der Waals surface area contributed by atoms with E-state index in [0.717, 1.165) is 18.2 Å². The van der Waals surface area contributed by atoms with Gasteiger partial charge in [-0.05, 0) is 35.9 Å². The van der Waals surface area contributed by atoms with Gasteiger partial charge >= 0.3 is 5.97 Å². The van der Waals surface area contributed by atoms with Crippen LogP contribution in [0.3, 0.4) is 0 Å². The van der Waals surface area contributed by atoms with Crippen LogP contribution in [0.1, 0.15) is 22.8 Å². The molecule has 0 amide bonds. The van der Waals surface area contributed by atoms with E-state index in [1.165, 1.54) is 30.4 Å². The summed E-state index contributed by atoms with van der Waals surface area (Å²) in [7, 11) is 0. The van der Waals surface area contributed by atoms with Crippen molar-refractivity contribution in [3.05, 3.63) is 71.3 Å². The Kier molecular flexibility index (Phi) is 5.61. The van der Waals surface area contributed by atoms with Crippen molar-refractivity contribution in [1.29, 1.82) is 0 Å². The minimum Gasteiger partial charge on any atom is -0.508 e. The van der Waals surface area contributed by atoms with Gasteiger partial charge in [-0.1, -0.05) is 12.1 Å². The Hall–Kier alpha value is -4.53. The molecule has 0 spiro atoms. The van der Waals surface area contributed by atoms with Crippen LogP contribution in [0.4, 0.5) is 0 Å². The molecular weight excluding hydrogens is 432 g/mol. The van der Waals surface area contributed by atoms with E-state index in [0.29, 0.717) is 11.1 Å². The first-order chi connectivity index (χ1) is 15.7. The van der Waals surface area contributed by atoms with Crippen molar-refractivity contribution >= 4 is 12.0 Å². The Labute approximate surface area is 187 Å². The fraction of sp³-hybridized carbons (Fsp3) is 0.125. The van der Waals surface area contributed by atoms with Gasteiger partial charge in [-0.3, -0.25) is 0 Å². The summed E-state index contributed by atoms with van der Waals surface area (Å²) in [4.78, 5) is 12.5. The predicted octanol–water partition coefficient (Wildman–Crippen LogP) is 3.22. The number of phenols is 6. The van der Waals surface area contributed by atoms with Gasteiger partial charge in [0.1, 0.15) is 29.1 Å². The third-order valence-corrected chi connectivity index (χ3v) is 5.16. The van der Waals surface area contributed by atoms with E-state index < -0.39 is 35.4 Å². The summed E-state index contributed by atoms with van der Waals surface area (Å²) >= 11 is 0. The van der Waals surface area contributed by atoms with Gasteiger partial charge in [0.25, 0.3) is 0 Å². The van der Waals surface area contributed by atoms with Crippen molar-refractivity contribution < 1.29 is 44.9 Å². The number of phenolic OH excluding ortho intramolecular Hbond substituents is 6. The van der Waals surface area contributed by atoms with Crippen LogP contribution >= 0.6 is 0 Å². The molecule has 6 N–H and O–H groups in total. The first kappa shape index (κ1) is 21.7. The number of hydrogen-bond acceptors (Lipinski definition) is 9. The molecule has 9 nitrogen and oxygen atoms in total. The zero-order valence-corrected chi connectivity index (χ0v) is 17.0. The average Bonchev–Trinajstić information content (AvgIpc) is 2.76. The lowest BCUT2D eigenvalue weighted by atomic mass is 9.93. The fourth-order valence-electron chi connectivity index (χ4n) is 3.56. The van der Waals surface area contributed by atoms with E-state index in [2.05, 4.69) is 0 Å². The molecule has 0 saturated heterocycles. The van der Waals surface area contributed by atoms with E-state index in [9.17, 15) is 35.4 Å². The second-order valence-electron chi connectivity index (χ2n) is 7.49. The highest BCUT2D eigenvalue weighted by atomic mass is 16.6. The molecule has 0 saturated carbocycles. The number of aromatic hydroxyl groups is 6. The summed E-state index contributed by atoms with van der Waals surface area (Å²) < 4.78 is 11.4. The maximum Gasteiger partial charge on any atom is 0.331 e. The fourth-order valence-corrected chi connectivity index (χ4v) is 3.56. The molecule has 1 aliphatic rings. The summed E-state index contributed by atoms with van der Waals surface area (Å²) in [6.45, 7) is 0. The van der Waals surface area contributed by atoms with Crippen molar-refractivity contribution in [3.8, 4) is 40.2 Å². The normalized spacial score (nSPS) is 17.3. The SMILES string of the molecule is O=C(/C=C\c1ccc(O)cc1)O[C@@H]1Cc2c(O)cc(O)cc2O[C@@H]1c1cc(O)c(O)c(O)c1. The van der Waals surface area contributed by atoms with Crippen LogP contribution in [0.25, 0.3) is 6.08 Å². The zero-order chi connectivity index (χ0) is 23.7. The van der Waals surface area contributed by atoms with Crippen LogP contribution in [0.2, 0.25) is 0 Å². The van der Waals surface area contributed by atoms with Gasteiger partial charge in [-0.25, -0.2) is 4.79 Å². The van der Waals surface area contributed by atoms with E-state index in [4.69, 9.17) is 9.47 Å². The summed E-state index contributed by atoms with van der Waals surface area (Å²) in [5.74, 6) is -2.91. The molecule has 0 bridgehead atoms. The monoisotopic (exact) mass is 452 g/mol. The summed E-state index contributed by atoms with van der Waals surface area (Å²) in [6, 6.07) is 10.9. The van der Waals surface area contributed by atoms with Crippen LogP contribution in [-0.4, -0.2) is 42.7 Å². The minimum atomic E-state index is -1.04. The quantitative estimate of drug-likeness (QED) is 0.199. The molecule has 170 valence electrons. The number of carbonyl (C=O) groups excluding carboxylic acids is 1. The maximum atomic E-state index is 12.5. The highest BCUT2D eigenvalue weighted by molar-refractivity contribution is 5.87. The van der Waals surface area contributed by atoms with Gasteiger partial charge in [-0.15, -0.1) is 0 Å². The standard InChI is InChI=1S/C24H20O9/c25-14-4-1-12(2-5-14)3-6-22(30)32-21-11-16-17(27)9-15(26)10-20(16)33-24(21)13-7-18(28)23(31)19(29)8-13/h1-10,21,24-29,31H,11H2/b6-3-/t21-,24-/m1/s1. The Balaban J connectivity index is 1.65. The van der Waals surface area contributed by atoms with Gasteiger partial charge in [0.05, 0.1) is 0 Å². The number of ether oxygens (including phenoxy) is 2. The molecule has 0 unspecified atom stereocenters. The first-order valence-electron chi connectivity index (χ1n) is 9.85. The summed E-state index contributed by atoms with van der Waals surface area (Å²) in [5.41, 5.74) is 1.14. The molecule has 1 aliphatic heterocycles. The molecule has 2 atom stereocenters. The zero-order valence-electron chi connectivity index (χ0n) is 17.0. The lowest BCUT2D eigenvalue weighted by Crippen LogP contribution is -2.34. The predicted molar refractivity (Wildman–Crippen MR) is 115 cm³/mol. The lowest BCUT2D eigenvalue weighted by molar-refractivity contribution is -0.149. The molecule has 0 aromatic heterocycles. The molecule has 4 rings (SSSR count). The van der Waals surface area contributed by atoms with Gasteiger partial charge in [0, 0.05) is 35.8 Å². The number of rotatable bonds is 4. The van der Waals surface area contributed by atoms with Crippen molar-refractivity contribution in [2.24, 2.45) is 0 Å². The number of esters is 1. The van der Waals surface area contributed by atoms with E-state index in [1.807, 2.05) is 0 Å². The van der Waals surface area contributed by atoms with Crippen LogP contribution in [0.5, 0.6) is 40.2 Å². The third-order valence-electron chi connectivity index (χ3n) is 5.16. The van der Waals surface area contributed by atoms with Crippen LogP contribution < -0.4 is 4.74 Å². The minimum absolute atomic E-state index is 0.00724. The number of carbonyl (C=O) groups is 1. The van der Waals surface area contributed by atoms with Gasteiger partial charge in [0.15, 0.2) is 23.4 Å². The third kappa shape index (κ3) is 4.57. The van der Waals surface area contributed by atoms with Gasteiger partial charge in [-0.2, -0.15) is 0 Å². The van der Waals surface area contributed by atoms with E-state index in [1.54, 1.807) is 12.1 Å². The van der Waals surface area contributed by atoms with Gasteiger partial charge in [0.2, 0.25) is 0 Å². The molecule has 0 aliphatic carbocycles. The Morgan fingerprint density at radius 1 is 0.879 bits per heavy atom. The van der Waals surface area contributed by atoms with Crippen molar-refractivity contribution in [1.82, 2.24) is 0 Å². The maximum absolute atomic E-state index is 12.5. The first-order valence-corrected chi connectivity index (χ1v) is 9.85. The highest BCUT2D eigenvalue weighted by Gasteiger charge is 2.36. The van der Waals surface area contributed by atoms with E-state index >= 15 is 0 Å². The Morgan fingerprint density at radius 2 is 1.55 bits per heavy atom. The number of benzene rings is 3. The Bertz CT molecular complexity index is 1210. The summed E-state index contributed by atoms with van der Waals surface area (Å²) in [5, 5.41) is 58.8. The molecule has 3 aromatic carbocycles. The summed E-state index contributed by atoms with van der Waals surface area (Å²) in [6.07, 6.45) is 0.645. The molecule has 1 heterocycles. The second-order valence-corrected chi connectivity index (χ2v) is 7.49. The highest BCUT2D eigenvalue weighted by Crippen LogP contribution is 2.45. The molecule has 3 aromatic rings. The topological polar surface area (TPSA) is 157 Å². The largest absolute Gasteiger partial charge is 0.508 e. The van der Waals surface area contributed by atoms with E-state index in [-0.39, 0.29) is 35.0 Å². The van der Waals surface area contributed by atoms with Crippen LogP contribution in [-0.2, 0) is 16.0 Å². The second kappa shape index (κ2) is 8.54. The average molecular weight is 452 g/mol. The van der Waals surface area contributed by atoms with Crippen molar-refractivity contribution in [2.45, 2.75) is 18.6 Å². The smallest absolute Gasteiger partial charge is 0.331 e. The van der Waals surface area contributed by atoms with Crippen molar-refractivity contribution in [2.75, 3.05) is 0 Å². The molecule has 0 radical (unpaired) electrons. The lowest BCUT2D eigenvalue weighted by Gasteiger charge is -2.33. The van der Waals surface area contributed by atoms with Crippen LogP contribution in [0.15, 0.2) is 54.6 Å². The number of hydrogen-bond donors (Lipinski definition) is 6.